The lowest BCUT2D eigenvalue weighted by molar-refractivity contribution is 0.0697. The van der Waals surface area contributed by atoms with Crippen LogP contribution in [0.4, 0.5) is 0 Å². The number of carbonyl (C=O) groups is 1. The number of hydrogen-bond acceptors (Lipinski definition) is 4. The van der Waals surface area contributed by atoms with E-state index in [-0.39, 0.29) is 10.7 Å². The van der Waals surface area contributed by atoms with E-state index in [1.54, 1.807) is 24.3 Å². The number of aromatic carboxylic acids is 1. The minimum atomic E-state index is -1.14. The highest BCUT2D eigenvalue weighted by molar-refractivity contribution is 6.33. The van der Waals surface area contributed by atoms with E-state index in [1.807, 2.05) is 6.92 Å². The average molecular weight is 279 g/mol. The fourth-order valence-electron chi connectivity index (χ4n) is 1.68. The number of rotatable bonds is 4. The Kier molecular flexibility index (Phi) is 3.97. The Hall–Kier alpha value is -2.14. The smallest absolute Gasteiger partial charge is 0.339 e. The van der Waals surface area contributed by atoms with Gasteiger partial charge in [-0.05, 0) is 24.6 Å². The maximum Gasteiger partial charge on any atom is 0.339 e. The monoisotopic (exact) mass is 278 g/mol. The number of halogens is 1. The van der Waals surface area contributed by atoms with Gasteiger partial charge in [-0.2, -0.15) is 5.10 Å². The highest BCUT2D eigenvalue weighted by Gasteiger charge is 2.17. The Labute approximate surface area is 114 Å². The van der Waals surface area contributed by atoms with E-state index in [0.29, 0.717) is 17.7 Å². The Morgan fingerprint density at radius 1 is 1.37 bits per heavy atom. The number of benzene rings is 1. The van der Waals surface area contributed by atoms with Gasteiger partial charge in [0.25, 0.3) is 0 Å². The van der Waals surface area contributed by atoms with Gasteiger partial charge in [0.05, 0.1) is 12.8 Å². The van der Waals surface area contributed by atoms with Gasteiger partial charge in [-0.15, -0.1) is 5.10 Å². The number of aromatic nitrogens is 2. The summed E-state index contributed by atoms with van der Waals surface area (Å²) in [5, 5.41) is 16.3. The van der Waals surface area contributed by atoms with E-state index in [4.69, 9.17) is 21.4 Å². The predicted molar refractivity (Wildman–Crippen MR) is 70.6 cm³/mol. The molecule has 0 saturated heterocycles. The van der Waals surface area contributed by atoms with Gasteiger partial charge in [-0.1, -0.05) is 23.7 Å². The van der Waals surface area contributed by atoms with Gasteiger partial charge in [0.2, 0.25) is 0 Å². The van der Waals surface area contributed by atoms with Crippen LogP contribution in [0, 0.1) is 0 Å². The lowest BCUT2D eigenvalue weighted by Gasteiger charge is -2.08. The summed E-state index contributed by atoms with van der Waals surface area (Å²) in [5.74, 6) is -0.417. The zero-order chi connectivity index (χ0) is 13.8. The molecule has 2 aromatic rings. The van der Waals surface area contributed by atoms with Crippen LogP contribution in [-0.2, 0) is 0 Å². The maximum absolute atomic E-state index is 11.2. The third-order valence-electron chi connectivity index (χ3n) is 2.50. The summed E-state index contributed by atoms with van der Waals surface area (Å²) in [5.41, 5.74) is 1.06. The number of nitrogens with zero attached hydrogens (tertiary/aromatic N) is 2. The molecule has 6 heteroatoms. The highest BCUT2D eigenvalue weighted by atomic mass is 35.5. The van der Waals surface area contributed by atoms with Crippen molar-refractivity contribution in [1.82, 2.24) is 10.2 Å². The highest BCUT2D eigenvalue weighted by Crippen LogP contribution is 2.28. The van der Waals surface area contributed by atoms with Crippen LogP contribution in [0.15, 0.2) is 30.5 Å². The van der Waals surface area contributed by atoms with E-state index in [2.05, 4.69) is 10.2 Å². The topological polar surface area (TPSA) is 72.3 Å². The Bertz CT molecular complexity index is 599. The molecule has 5 nitrogen and oxygen atoms in total. The first-order valence-corrected chi connectivity index (χ1v) is 5.99. The van der Waals surface area contributed by atoms with Crippen LogP contribution in [0.1, 0.15) is 17.3 Å². The quantitative estimate of drug-likeness (QED) is 0.931. The second-order valence-electron chi connectivity index (χ2n) is 3.69. The summed E-state index contributed by atoms with van der Waals surface area (Å²) in [6.07, 6.45) is 1.38. The molecule has 1 heterocycles. The van der Waals surface area contributed by atoms with Gasteiger partial charge < -0.3 is 9.84 Å². The molecule has 2 rings (SSSR count). The Morgan fingerprint density at radius 2 is 2.05 bits per heavy atom. The van der Waals surface area contributed by atoms with E-state index < -0.39 is 5.97 Å². The number of hydrogen-bond donors (Lipinski definition) is 1. The zero-order valence-electron chi connectivity index (χ0n) is 10.1. The standard InChI is InChI=1S/C13H11ClN2O3/c1-2-19-9-5-3-8(4-6-9)10-7-15-16-12(14)11(10)13(17)18/h3-7H,2H2,1H3,(H,17,18). The molecule has 1 aromatic heterocycles. The molecule has 0 atom stereocenters. The third-order valence-corrected chi connectivity index (χ3v) is 2.76. The molecule has 0 unspecified atom stereocenters. The molecule has 0 aliphatic carbocycles. The molecule has 0 saturated carbocycles. The van der Waals surface area contributed by atoms with Gasteiger partial charge in [0.15, 0.2) is 5.15 Å². The number of ether oxygens (including phenoxy) is 1. The van der Waals surface area contributed by atoms with Crippen molar-refractivity contribution in [3.05, 3.63) is 41.2 Å². The average Bonchev–Trinajstić information content (AvgIpc) is 2.39. The lowest BCUT2D eigenvalue weighted by atomic mass is 10.0. The fourth-order valence-corrected chi connectivity index (χ4v) is 1.91. The zero-order valence-corrected chi connectivity index (χ0v) is 10.9. The first-order chi connectivity index (χ1) is 9.13. The number of carboxylic acid groups (broad SMARTS) is 1. The van der Waals surface area contributed by atoms with Crippen LogP contribution in [0.25, 0.3) is 11.1 Å². The van der Waals surface area contributed by atoms with Crippen molar-refractivity contribution in [3.8, 4) is 16.9 Å². The SMILES string of the molecule is CCOc1ccc(-c2cnnc(Cl)c2C(=O)O)cc1. The van der Waals surface area contributed by atoms with Crippen molar-refractivity contribution in [2.24, 2.45) is 0 Å². The van der Waals surface area contributed by atoms with Crippen LogP contribution in [-0.4, -0.2) is 27.9 Å². The van der Waals surface area contributed by atoms with Gasteiger partial charge in [0, 0.05) is 5.56 Å². The molecule has 0 fully saturated rings. The fraction of sp³-hybridized carbons (Fsp3) is 0.154. The molecule has 0 aliphatic heterocycles. The summed E-state index contributed by atoms with van der Waals surface area (Å²) >= 11 is 5.78. The minimum Gasteiger partial charge on any atom is -0.494 e. The van der Waals surface area contributed by atoms with Gasteiger partial charge in [-0.25, -0.2) is 4.79 Å². The van der Waals surface area contributed by atoms with E-state index in [9.17, 15) is 4.79 Å². The van der Waals surface area contributed by atoms with Crippen LogP contribution in [0.3, 0.4) is 0 Å². The first-order valence-electron chi connectivity index (χ1n) is 5.61. The second kappa shape index (κ2) is 5.67. The summed E-state index contributed by atoms with van der Waals surface area (Å²) in [6.45, 7) is 2.46. The molecular weight excluding hydrogens is 268 g/mol. The van der Waals surface area contributed by atoms with Crippen molar-refractivity contribution >= 4 is 17.6 Å². The summed E-state index contributed by atoms with van der Waals surface area (Å²) < 4.78 is 5.33. The summed E-state index contributed by atoms with van der Waals surface area (Å²) in [6, 6.07) is 7.03. The number of carboxylic acids is 1. The summed E-state index contributed by atoms with van der Waals surface area (Å²) in [7, 11) is 0. The largest absolute Gasteiger partial charge is 0.494 e. The molecule has 1 N–H and O–H groups in total. The van der Waals surface area contributed by atoms with Gasteiger partial charge >= 0.3 is 5.97 Å². The molecule has 98 valence electrons. The maximum atomic E-state index is 11.2. The minimum absolute atomic E-state index is 0.0548. The van der Waals surface area contributed by atoms with E-state index in [0.717, 1.165) is 5.75 Å². The molecule has 1 aromatic carbocycles. The van der Waals surface area contributed by atoms with Crippen LogP contribution in [0.5, 0.6) is 5.75 Å². The molecule has 19 heavy (non-hydrogen) atoms. The van der Waals surface area contributed by atoms with Crippen molar-refractivity contribution in [2.75, 3.05) is 6.61 Å². The van der Waals surface area contributed by atoms with Crippen molar-refractivity contribution in [2.45, 2.75) is 6.92 Å². The Balaban J connectivity index is 2.47. The lowest BCUT2D eigenvalue weighted by Crippen LogP contribution is -2.03. The molecule has 0 radical (unpaired) electrons. The summed E-state index contributed by atoms with van der Waals surface area (Å²) in [4.78, 5) is 11.2. The van der Waals surface area contributed by atoms with Crippen LogP contribution < -0.4 is 4.74 Å². The Morgan fingerprint density at radius 3 is 2.63 bits per heavy atom. The molecule has 0 aliphatic rings. The van der Waals surface area contributed by atoms with Crippen molar-refractivity contribution in [3.63, 3.8) is 0 Å². The van der Waals surface area contributed by atoms with E-state index >= 15 is 0 Å². The van der Waals surface area contributed by atoms with Crippen LogP contribution in [0.2, 0.25) is 5.15 Å². The molecule has 0 spiro atoms. The van der Waals surface area contributed by atoms with Gasteiger partial charge in [0.1, 0.15) is 11.3 Å². The molecular formula is C13H11ClN2O3. The predicted octanol–water partition coefficient (Wildman–Crippen LogP) is 2.89. The van der Waals surface area contributed by atoms with Crippen molar-refractivity contribution < 1.29 is 14.6 Å². The van der Waals surface area contributed by atoms with Gasteiger partial charge in [-0.3, -0.25) is 0 Å². The molecule has 0 bridgehead atoms. The second-order valence-corrected chi connectivity index (χ2v) is 4.04. The molecule has 0 amide bonds. The van der Waals surface area contributed by atoms with E-state index in [1.165, 1.54) is 6.20 Å². The van der Waals surface area contributed by atoms with Crippen molar-refractivity contribution in [1.29, 1.82) is 0 Å². The first kappa shape index (κ1) is 13.3. The third kappa shape index (κ3) is 2.82. The van der Waals surface area contributed by atoms with Crippen LogP contribution >= 0.6 is 11.6 Å². The normalized spacial score (nSPS) is 10.2.